The minimum atomic E-state index is -0.326. The molecule has 5 rings (SSSR count). The molecule has 0 radical (unpaired) electrons. The SMILES string of the molecule is O=C(c1ccc2c(c1)OCCO2)C1CCN(C(=O)C2CC(=O)N(c3ccccc3)C2)CC1. The monoisotopic (exact) mass is 434 g/mol. The van der Waals surface area contributed by atoms with Gasteiger partial charge in [-0.1, -0.05) is 18.2 Å². The van der Waals surface area contributed by atoms with Crippen molar-refractivity contribution in [3.05, 3.63) is 54.1 Å². The third-order valence-corrected chi connectivity index (χ3v) is 6.55. The van der Waals surface area contributed by atoms with Gasteiger partial charge < -0.3 is 19.3 Å². The molecule has 7 heteroatoms. The second-order valence-corrected chi connectivity index (χ2v) is 8.56. The Morgan fingerprint density at radius 2 is 1.59 bits per heavy atom. The summed E-state index contributed by atoms with van der Waals surface area (Å²) in [6.45, 7) is 2.49. The van der Waals surface area contributed by atoms with Gasteiger partial charge in [0.25, 0.3) is 0 Å². The van der Waals surface area contributed by atoms with Crippen LogP contribution in [0.5, 0.6) is 11.5 Å². The van der Waals surface area contributed by atoms with E-state index in [-0.39, 0.29) is 35.9 Å². The summed E-state index contributed by atoms with van der Waals surface area (Å²) in [6, 6.07) is 14.8. The minimum Gasteiger partial charge on any atom is -0.486 e. The van der Waals surface area contributed by atoms with Crippen molar-refractivity contribution in [2.24, 2.45) is 11.8 Å². The van der Waals surface area contributed by atoms with E-state index in [1.165, 1.54) is 0 Å². The minimum absolute atomic E-state index is 0.0155. The van der Waals surface area contributed by atoms with E-state index < -0.39 is 0 Å². The van der Waals surface area contributed by atoms with Crippen LogP contribution in [0.1, 0.15) is 29.6 Å². The Hall–Kier alpha value is -3.35. The van der Waals surface area contributed by atoms with Crippen LogP contribution in [0.4, 0.5) is 5.69 Å². The van der Waals surface area contributed by atoms with Crippen molar-refractivity contribution in [3.63, 3.8) is 0 Å². The number of nitrogens with zero attached hydrogens (tertiary/aromatic N) is 2. The van der Waals surface area contributed by atoms with Gasteiger partial charge in [0.2, 0.25) is 11.8 Å². The standard InChI is InChI=1S/C25H26N2O5/c28-23-15-19(16-27(23)20-4-2-1-3-5-20)25(30)26-10-8-17(9-11-26)24(29)18-6-7-21-22(14-18)32-13-12-31-21/h1-7,14,17,19H,8-13,15-16H2. The third kappa shape index (κ3) is 3.95. The molecule has 3 aliphatic rings. The van der Waals surface area contributed by atoms with Gasteiger partial charge in [0.1, 0.15) is 13.2 Å². The van der Waals surface area contributed by atoms with E-state index in [0.29, 0.717) is 62.8 Å². The Labute approximate surface area is 186 Å². The number of anilines is 1. The van der Waals surface area contributed by atoms with E-state index in [4.69, 9.17) is 9.47 Å². The van der Waals surface area contributed by atoms with E-state index in [1.54, 1.807) is 23.1 Å². The van der Waals surface area contributed by atoms with E-state index >= 15 is 0 Å². The summed E-state index contributed by atoms with van der Waals surface area (Å²) < 4.78 is 11.1. The summed E-state index contributed by atoms with van der Waals surface area (Å²) in [7, 11) is 0. The Morgan fingerprint density at radius 3 is 2.34 bits per heavy atom. The van der Waals surface area contributed by atoms with Crippen LogP contribution in [-0.4, -0.2) is 55.3 Å². The number of fused-ring (bicyclic) bond motifs is 1. The van der Waals surface area contributed by atoms with Gasteiger partial charge in [-0.15, -0.1) is 0 Å². The Kier molecular flexibility index (Phi) is 5.55. The fourth-order valence-electron chi connectivity index (χ4n) is 4.78. The fraction of sp³-hybridized carbons (Fsp3) is 0.400. The molecule has 2 saturated heterocycles. The van der Waals surface area contributed by atoms with Crippen LogP contribution in [-0.2, 0) is 9.59 Å². The molecule has 0 saturated carbocycles. The molecule has 2 aromatic rings. The molecule has 0 aliphatic carbocycles. The number of hydrogen-bond donors (Lipinski definition) is 0. The second-order valence-electron chi connectivity index (χ2n) is 8.56. The van der Waals surface area contributed by atoms with Crippen LogP contribution in [0.25, 0.3) is 0 Å². The van der Waals surface area contributed by atoms with Crippen LogP contribution in [0.3, 0.4) is 0 Å². The predicted octanol–water partition coefficient (Wildman–Crippen LogP) is 2.93. The lowest BCUT2D eigenvalue weighted by Gasteiger charge is -2.33. The summed E-state index contributed by atoms with van der Waals surface area (Å²) in [6.07, 6.45) is 1.49. The molecule has 3 aliphatic heterocycles. The van der Waals surface area contributed by atoms with Crippen LogP contribution >= 0.6 is 0 Å². The highest BCUT2D eigenvalue weighted by Gasteiger charge is 2.38. The van der Waals surface area contributed by atoms with Gasteiger partial charge in [-0.25, -0.2) is 0 Å². The van der Waals surface area contributed by atoms with Crippen molar-refractivity contribution in [1.82, 2.24) is 4.90 Å². The number of ketones is 1. The average Bonchev–Trinajstić information content (AvgIpc) is 3.25. The summed E-state index contributed by atoms with van der Waals surface area (Å²) in [4.78, 5) is 42.1. The maximum atomic E-state index is 13.1. The zero-order chi connectivity index (χ0) is 22.1. The first-order valence-corrected chi connectivity index (χ1v) is 11.2. The molecule has 0 spiro atoms. The number of para-hydroxylation sites is 1. The van der Waals surface area contributed by atoms with E-state index in [0.717, 1.165) is 5.69 Å². The van der Waals surface area contributed by atoms with E-state index in [2.05, 4.69) is 0 Å². The molecule has 2 aromatic carbocycles. The van der Waals surface area contributed by atoms with Gasteiger partial charge in [0.05, 0.1) is 5.92 Å². The normalized spacial score (nSPS) is 21.0. The quantitative estimate of drug-likeness (QED) is 0.692. The van der Waals surface area contributed by atoms with Crippen LogP contribution in [0, 0.1) is 11.8 Å². The molecule has 0 aromatic heterocycles. The van der Waals surface area contributed by atoms with Gasteiger partial charge in [0.15, 0.2) is 17.3 Å². The number of hydrogen-bond acceptors (Lipinski definition) is 5. The molecule has 1 atom stereocenters. The molecule has 166 valence electrons. The van der Waals surface area contributed by atoms with Crippen molar-refractivity contribution in [3.8, 4) is 11.5 Å². The van der Waals surface area contributed by atoms with Gasteiger partial charge in [0, 0.05) is 43.2 Å². The molecule has 32 heavy (non-hydrogen) atoms. The lowest BCUT2D eigenvalue weighted by molar-refractivity contribution is -0.137. The molecule has 2 amide bonds. The number of piperidine rings is 1. The lowest BCUT2D eigenvalue weighted by atomic mass is 9.88. The van der Waals surface area contributed by atoms with Crippen molar-refractivity contribution in [2.45, 2.75) is 19.3 Å². The molecular weight excluding hydrogens is 408 g/mol. The number of Topliss-reactive ketones (excluding diaryl/α,β-unsaturated/α-hetero) is 1. The largest absolute Gasteiger partial charge is 0.486 e. The van der Waals surface area contributed by atoms with Crippen molar-refractivity contribution >= 4 is 23.3 Å². The highest BCUT2D eigenvalue weighted by atomic mass is 16.6. The number of amides is 2. The van der Waals surface area contributed by atoms with Gasteiger partial charge >= 0.3 is 0 Å². The highest BCUT2D eigenvalue weighted by molar-refractivity contribution is 6.01. The van der Waals surface area contributed by atoms with Gasteiger partial charge in [-0.3, -0.25) is 14.4 Å². The highest BCUT2D eigenvalue weighted by Crippen LogP contribution is 2.33. The molecule has 0 N–H and O–H groups in total. The molecular formula is C25H26N2O5. The van der Waals surface area contributed by atoms with Gasteiger partial charge in [-0.05, 0) is 43.2 Å². The first kappa shape index (κ1) is 20.5. The summed E-state index contributed by atoms with van der Waals surface area (Å²) in [5.41, 5.74) is 1.45. The summed E-state index contributed by atoms with van der Waals surface area (Å²) in [5, 5.41) is 0. The number of ether oxygens (including phenoxy) is 2. The van der Waals surface area contributed by atoms with E-state index in [1.807, 2.05) is 35.2 Å². The topological polar surface area (TPSA) is 76.1 Å². The molecule has 7 nitrogen and oxygen atoms in total. The first-order chi connectivity index (χ1) is 15.6. The number of rotatable bonds is 4. The molecule has 0 bridgehead atoms. The van der Waals surface area contributed by atoms with E-state index in [9.17, 15) is 14.4 Å². The third-order valence-electron chi connectivity index (χ3n) is 6.55. The zero-order valence-electron chi connectivity index (χ0n) is 17.9. The molecule has 1 unspecified atom stereocenters. The first-order valence-electron chi connectivity index (χ1n) is 11.2. The average molecular weight is 434 g/mol. The molecule has 3 heterocycles. The maximum absolute atomic E-state index is 13.1. The second kappa shape index (κ2) is 8.65. The zero-order valence-corrected chi connectivity index (χ0v) is 17.9. The Balaban J connectivity index is 1.18. The predicted molar refractivity (Wildman–Crippen MR) is 118 cm³/mol. The number of benzene rings is 2. The van der Waals surface area contributed by atoms with Crippen molar-refractivity contribution in [1.29, 1.82) is 0 Å². The number of carbonyl (C=O) groups is 3. The summed E-state index contributed by atoms with van der Waals surface area (Å²) in [5.74, 6) is 0.924. The number of likely N-dealkylation sites (tertiary alicyclic amines) is 1. The Morgan fingerprint density at radius 1 is 0.875 bits per heavy atom. The van der Waals surface area contributed by atoms with Crippen molar-refractivity contribution < 1.29 is 23.9 Å². The summed E-state index contributed by atoms with van der Waals surface area (Å²) >= 11 is 0. The van der Waals surface area contributed by atoms with Crippen molar-refractivity contribution in [2.75, 3.05) is 37.7 Å². The van der Waals surface area contributed by atoms with Crippen LogP contribution in [0.15, 0.2) is 48.5 Å². The van der Waals surface area contributed by atoms with Crippen LogP contribution in [0.2, 0.25) is 0 Å². The van der Waals surface area contributed by atoms with Gasteiger partial charge in [-0.2, -0.15) is 0 Å². The Bertz CT molecular complexity index is 1030. The smallest absolute Gasteiger partial charge is 0.228 e. The molecule has 2 fully saturated rings. The fourth-order valence-corrected chi connectivity index (χ4v) is 4.78. The maximum Gasteiger partial charge on any atom is 0.228 e. The number of carbonyl (C=O) groups excluding carboxylic acids is 3. The van der Waals surface area contributed by atoms with Crippen LogP contribution < -0.4 is 14.4 Å². The lowest BCUT2D eigenvalue weighted by Crippen LogP contribution is -2.43.